The Morgan fingerprint density at radius 1 is 1.30 bits per heavy atom. The average Bonchev–Trinajstić information content (AvgIpc) is 2.48. The van der Waals surface area contributed by atoms with Gasteiger partial charge in [0.1, 0.15) is 6.61 Å². The van der Waals surface area contributed by atoms with Crippen molar-refractivity contribution in [2.24, 2.45) is 5.92 Å². The number of carbonyl (C=O) groups is 1. The quantitative estimate of drug-likeness (QED) is 0.781. The molecule has 0 aromatic rings. The highest BCUT2D eigenvalue weighted by molar-refractivity contribution is 5.74. The molecule has 0 radical (unpaired) electrons. The van der Waals surface area contributed by atoms with Crippen LogP contribution in [0, 0.1) is 5.92 Å². The first-order valence-electron chi connectivity index (χ1n) is 8.24. The van der Waals surface area contributed by atoms with Crippen LogP contribution in [-0.4, -0.2) is 74.5 Å². The number of piperidine rings is 2. The highest BCUT2D eigenvalue weighted by Crippen LogP contribution is 2.30. The van der Waals surface area contributed by atoms with Gasteiger partial charge in [-0.15, -0.1) is 0 Å². The van der Waals surface area contributed by atoms with Crippen LogP contribution in [0.2, 0.25) is 0 Å². The molecule has 0 aromatic heterocycles. The SMILES string of the molecule is CN1CC[C@@H]2[C@H](CCCN2C(=O)NCCCOCC(F)(F)F)C1. The van der Waals surface area contributed by atoms with E-state index < -0.39 is 12.8 Å². The molecule has 2 aliphatic rings. The Morgan fingerprint density at radius 3 is 2.83 bits per heavy atom. The van der Waals surface area contributed by atoms with Crippen molar-refractivity contribution in [3.8, 4) is 0 Å². The summed E-state index contributed by atoms with van der Waals surface area (Å²) in [6.45, 7) is 1.89. The predicted molar refractivity (Wildman–Crippen MR) is 80.2 cm³/mol. The number of urea groups is 1. The summed E-state index contributed by atoms with van der Waals surface area (Å²) >= 11 is 0. The van der Waals surface area contributed by atoms with Crippen LogP contribution in [0.5, 0.6) is 0 Å². The van der Waals surface area contributed by atoms with Gasteiger partial charge < -0.3 is 19.9 Å². The van der Waals surface area contributed by atoms with E-state index in [4.69, 9.17) is 0 Å². The number of alkyl halides is 3. The standard InChI is InChI=1S/C15H26F3N3O2/c1-20-8-5-13-12(10-20)4-2-7-21(13)14(22)19-6-3-9-23-11-15(16,17)18/h12-13H,2-11H2,1H3,(H,19,22)/t12-,13-/m1/s1. The first-order chi connectivity index (χ1) is 10.9. The number of halogens is 3. The first-order valence-corrected chi connectivity index (χ1v) is 8.24. The van der Waals surface area contributed by atoms with E-state index in [1.165, 1.54) is 0 Å². The first kappa shape index (κ1) is 18.3. The van der Waals surface area contributed by atoms with E-state index in [0.717, 1.165) is 38.9 Å². The Labute approximate surface area is 135 Å². The largest absolute Gasteiger partial charge is 0.411 e. The topological polar surface area (TPSA) is 44.8 Å². The zero-order chi connectivity index (χ0) is 16.9. The highest BCUT2D eigenvalue weighted by Gasteiger charge is 2.37. The van der Waals surface area contributed by atoms with Gasteiger partial charge in [-0.25, -0.2) is 4.79 Å². The van der Waals surface area contributed by atoms with E-state index in [0.29, 0.717) is 24.9 Å². The molecule has 2 rings (SSSR count). The van der Waals surface area contributed by atoms with Crippen molar-refractivity contribution in [3.63, 3.8) is 0 Å². The van der Waals surface area contributed by atoms with Crippen LogP contribution in [-0.2, 0) is 4.74 Å². The van der Waals surface area contributed by atoms with Crippen molar-refractivity contribution in [2.45, 2.75) is 37.9 Å². The molecular weight excluding hydrogens is 311 g/mol. The van der Waals surface area contributed by atoms with Gasteiger partial charge in [-0.05, 0) is 45.2 Å². The minimum absolute atomic E-state index is 0.00334. The van der Waals surface area contributed by atoms with Gasteiger partial charge >= 0.3 is 12.2 Å². The second kappa shape index (κ2) is 8.19. The molecule has 23 heavy (non-hydrogen) atoms. The van der Waals surface area contributed by atoms with E-state index in [9.17, 15) is 18.0 Å². The molecule has 0 aromatic carbocycles. The van der Waals surface area contributed by atoms with Crippen molar-refractivity contribution >= 4 is 6.03 Å². The number of hydrogen-bond acceptors (Lipinski definition) is 3. The molecule has 0 saturated carbocycles. The lowest BCUT2D eigenvalue weighted by molar-refractivity contribution is -0.173. The second-order valence-electron chi connectivity index (χ2n) is 6.47. The zero-order valence-corrected chi connectivity index (χ0v) is 13.6. The van der Waals surface area contributed by atoms with Crippen molar-refractivity contribution in [2.75, 3.05) is 46.4 Å². The van der Waals surface area contributed by atoms with Crippen LogP contribution in [0.4, 0.5) is 18.0 Å². The lowest BCUT2D eigenvalue weighted by Crippen LogP contribution is -2.57. The van der Waals surface area contributed by atoms with Crippen LogP contribution < -0.4 is 5.32 Å². The Balaban J connectivity index is 1.67. The normalized spacial score (nSPS) is 26.0. The third kappa shape index (κ3) is 5.84. The van der Waals surface area contributed by atoms with Crippen LogP contribution in [0.15, 0.2) is 0 Å². The second-order valence-corrected chi connectivity index (χ2v) is 6.47. The molecule has 134 valence electrons. The summed E-state index contributed by atoms with van der Waals surface area (Å²) in [5.41, 5.74) is 0. The number of carbonyl (C=O) groups excluding carboxylic acids is 1. The summed E-state index contributed by atoms with van der Waals surface area (Å²) in [6.07, 6.45) is -0.753. The fourth-order valence-electron chi connectivity index (χ4n) is 3.50. The Morgan fingerprint density at radius 2 is 2.09 bits per heavy atom. The van der Waals surface area contributed by atoms with Crippen LogP contribution in [0.1, 0.15) is 25.7 Å². The van der Waals surface area contributed by atoms with Crippen molar-refractivity contribution < 1.29 is 22.7 Å². The lowest BCUT2D eigenvalue weighted by Gasteiger charge is -2.46. The van der Waals surface area contributed by atoms with E-state index in [-0.39, 0.29) is 12.6 Å². The van der Waals surface area contributed by atoms with E-state index >= 15 is 0 Å². The van der Waals surface area contributed by atoms with Gasteiger partial charge in [0.25, 0.3) is 0 Å². The van der Waals surface area contributed by atoms with Crippen molar-refractivity contribution in [1.82, 2.24) is 15.1 Å². The van der Waals surface area contributed by atoms with E-state index in [2.05, 4.69) is 22.0 Å². The third-order valence-electron chi connectivity index (χ3n) is 4.54. The fraction of sp³-hybridized carbons (Fsp3) is 0.933. The van der Waals surface area contributed by atoms with E-state index in [1.807, 2.05) is 4.90 Å². The average molecular weight is 337 g/mol. The van der Waals surface area contributed by atoms with Gasteiger partial charge in [0.15, 0.2) is 0 Å². The van der Waals surface area contributed by atoms with Gasteiger partial charge in [-0.2, -0.15) is 13.2 Å². The molecule has 1 N–H and O–H groups in total. The number of likely N-dealkylation sites (tertiary alicyclic amines) is 2. The summed E-state index contributed by atoms with van der Waals surface area (Å²) in [5, 5.41) is 2.81. The Bertz CT molecular complexity index is 393. The van der Waals surface area contributed by atoms with Gasteiger partial charge in [0, 0.05) is 32.3 Å². The molecule has 5 nitrogen and oxygen atoms in total. The number of amides is 2. The molecule has 8 heteroatoms. The van der Waals surface area contributed by atoms with Crippen molar-refractivity contribution in [1.29, 1.82) is 0 Å². The summed E-state index contributed by atoms with van der Waals surface area (Å²) in [7, 11) is 2.11. The van der Waals surface area contributed by atoms with Crippen LogP contribution >= 0.6 is 0 Å². The van der Waals surface area contributed by atoms with Gasteiger partial charge in [-0.1, -0.05) is 0 Å². The van der Waals surface area contributed by atoms with E-state index in [1.54, 1.807) is 0 Å². The molecule has 0 aliphatic carbocycles. The third-order valence-corrected chi connectivity index (χ3v) is 4.54. The summed E-state index contributed by atoms with van der Waals surface area (Å²) in [4.78, 5) is 16.5. The molecule has 0 bridgehead atoms. The number of ether oxygens (including phenoxy) is 1. The molecular formula is C15H26F3N3O2. The maximum Gasteiger partial charge on any atom is 0.411 e. The zero-order valence-electron chi connectivity index (χ0n) is 13.6. The van der Waals surface area contributed by atoms with Crippen LogP contribution in [0.25, 0.3) is 0 Å². The maximum absolute atomic E-state index is 12.3. The van der Waals surface area contributed by atoms with Crippen LogP contribution in [0.3, 0.4) is 0 Å². The lowest BCUT2D eigenvalue weighted by atomic mass is 9.84. The maximum atomic E-state index is 12.3. The number of nitrogens with one attached hydrogen (secondary N) is 1. The van der Waals surface area contributed by atoms with Gasteiger partial charge in [-0.3, -0.25) is 0 Å². The fourth-order valence-corrected chi connectivity index (χ4v) is 3.50. The number of rotatable bonds is 5. The molecule has 2 heterocycles. The smallest absolute Gasteiger partial charge is 0.372 e. The molecule has 2 fully saturated rings. The van der Waals surface area contributed by atoms with Gasteiger partial charge in [0.2, 0.25) is 0 Å². The minimum Gasteiger partial charge on any atom is -0.372 e. The summed E-state index contributed by atoms with van der Waals surface area (Å²) in [6, 6.07) is 0.196. The Hall–Kier alpha value is -1.02. The number of hydrogen-bond donors (Lipinski definition) is 1. The monoisotopic (exact) mass is 337 g/mol. The number of nitrogens with zero attached hydrogens (tertiary/aromatic N) is 2. The highest BCUT2D eigenvalue weighted by atomic mass is 19.4. The predicted octanol–water partition coefficient (Wildman–Crippen LogP) is 2.08. The number of fused-ring (bicyclic) bond motifs is 1. The molecule has 0 unspecified atom stereocenters. The summed E-state index contributed by atoms with van der Waals surface area (Å²) < 4.78 is 40.3. The molecule has 2 aliphatic heterocycles. The van der Waals surface area contributed by atoms with Crippen molar-refractivity contribution in [3.05, 3.63) is 0 Å². The molecule has 2 amide bonds. The molecule has 2 atom stereocenters. The molecule has 0 spiro atoms. The summed E-state index contributed by atoms with van der Waals surface area (Å²) in [5.74, 6) is 0.531. The minimum atomic E-state index is -4.29. The van der Waals surface area contributed by atoms with Gasteiger partial charge in [0.05, 0.1) is 0 Å². The Kier molecular flexibility index (Phi) is 6.52. The molecule has 2 saturated heterocycles.